The highest BCUT2D eigenvalue weighted by molar-refractivity contribution is 8.04. The molecule has 1 N–H and O–H groups in total. The molecule has 0 atom stereocenters. The largest absolute Gasteiger partial charge is 0.348 e. The van der Waals surface area contributed by atoms with Gasteiger partial charge in [0.05, 0.1) is 16.4 Å². The molecule has 0 radical (unpaired) electrons. The first kappa shape index (κ1) is 10.8. The van der Waals surface area contributed by atoms with E-state index in [0.717, 1.165) is 15.6 Å². The Labute approximate surface area is 108 Å². The van der Waals surface area contributed by atoms with Crippen LogP contribution in [0.2, 0.25) is 0 Å². The Balaban J connectivity index is 2.05. The number of para-hydroxylation sites is 1. The molecule has 4 nitrogen and oxygen atoms in total. The molecule has 1 aliphatic heterocycles. The van der Waals surface area contributed by atoms with Gasteiger partial charge in [0.1, 0.15) is 18.0 Å². The number of allylic oxidation sites excluding steroid dienone is 1. The number of anilines is 1. The predicted molar refractivity (Wildman–Crippen MR) is 70.5 cm³/mol. The Kier molecular flexibility index (Phi) is 2.71. The van der Waals surface area contributed by atoms with Gasteiger partial charge in [0.25, 0.3) is 0 Å². The number of nitriles is 1. The fraction of sp³-hybridized carbons (Fsp3) is 0. The van der Waals surface area contributed by atoms with Crippen LogP contribution in [-0.4, -0.2) is 9.97 Å². The zero-order valence-electron chi connectivity index (χ0n) is 9.29. The summed E-state index contributed by atoms with van der Waals surface area (Å²) in [6.45, 7) is 0. The molecule has 1 aromatic heterocycles. The molecule has 86 valence electrons. The van der Waals surface area contributed by atoms with Crippen LogP contribution in [0, 0.1) is 11.3 Å². The topological polar surface area (TPSA) is 61.6 Å². The first-order chi connectivity index (χ1) is 8.88. The highest BCUT2D eigenvalue weighted by Gasteiger charge is 2.20. The average molecular weight is 252 g/mol. The van der Waals surface area contributed by atoms with Crippen LogP contribution >= 0.6 is 11.8 Å². The lowest BCUT2D eigenvalue weighted by molar-refractivity contribution is 1.14. The van der Waals surface area contributed by atoms with Crippen molar-refractivity contribution in [3.8, 4) is 6.07 Å². The highest BCUT2D eigenvalue weighted by atomic mass is 32.2. The zero-order valence-corrected chi connectivity index (χ0v) is 10.1. The molecular formula is C13H8N4S. The van der Waals surface area contributed by atoms with E-state index < -0.39 is 0 Å². The second-order valence-electron chi connectivity index (χ2n) is 3.63. The monoisotopic (exact) mass is 252 g/mol. The van der Waals surface area contributed by atoms with Crippen LogP contribution in [0.25, 0.3) is 5.57 Å². The van der Waals surface area contributed by atoms with E-state index in [0.29, 0.717) is 11.3 Å². The molecule has 2 aromatic rings. The summed E-state index contributed by atoms with van der Waals surface area (Å²) in [5.74, 6) is 0. The van der Waals surface area contributed by atoms with Gasteiger partial charge in [0.15, 0.2) is 0 Å². The third kappa shape index (κ3) is 1.83. The van der Waals surface area contributed by atoms with Gasteiger partial charge >= 0.3 is 0 Å². The van der Waals surface area contributed by atoms with Crippen LogP contribution in [0.15, 0.2) is 52.8 Å². The summed E-state index contributed by atoms with van der Waals surface area (Å²) in [6.07, 6.45) is 3.08. The number of aromatic nitrogens is 2. The van der Waals surface area contributed by atoms with Crippen molar-refractivity contribution in [3.63, 3.8) is 0 Å². The van der Waals surface area contributed by atoms with Gasteiger partial charge in [-0.1, -0.05) is 23.9 Å². The van der Waals surface area contributed by atoms with Gasteiger partial charge in [0.2, 0.25) is 0 Å². The van der Waals surface area contributed by atoms with Crippen LogP contribution in [0.1, 0.15) is 5.69 Å². The normalized spacial score (nSPS) is 15.5. The van der Waals surface area contributed by atoms with E-state index in [4.69, 9.17) is 0 Å². The molecule has 0 aliphatic carbocycles. The van der Waals surface area contributed by atoms with Crippen molar-refractivity contribution in [1.82, 2.24) is 9.97 Å². The lowest BCUT2D eigenvalue weighted by Crippen LogP contribution is -1.96. The van der Waals surface area contributed by atoms with Gasteiger partial charge in [-0.25, -0.2) is 9.97 Å². The van der Waals surface area contributed by atoms with Crippen molar-refractivity contribution in [1.29, 1.82) is 5.26 Å². The Morgan fingerprint density at radius 2 is 2.17 bits per heavy atom. The van der Waals surface area contributed by atoms with Crippen LogP contribution in [0.5, 0.6) is 0 Å². The summed E-state index contributed by atoms with van der Waals surface area (Å²) in [6, 6.07) is 11.9. The fourth-order valence-electron chi connectivity index (χ4n) is 1.69. The number of rotatable bonds is 1. The lowest BCUT2D eigenvalue weighted by Gasteiger charge is -2.02. The molecule has 1 aliphatic rings. The van der Waals surface area contributed by atoms with Gasteiger partial charge in [-0.3, -0.25) is 0 Å². The Hall–Kier alpha value is -2.32. The van der Waals surface area contributed by atoms with Crippen LogP contribution < -0.4 is 5.32 Å². The molecule has 5 heteroatoms. The lowest BCUT2D eigenvalue weighted by atomic mass is 10.2. The van der Waals surface area contributed by atoms with Gasteiger partial charge < -0.3 is 5.32 Å². The molecule has 3 rings (SSSR count). The molecule has 0 saturated heterocycles. The minimum atomic E-state index is 0.540. The van der Waals surface area contributed by atoms with Crippen LogP contribution in [0.4, 0.5) is 5.69 Å². The van der Waals surface area contributed by atoms with E-state index in [1.54, 1.807) is 24.0 Å². The quantitative estimate of drug-likeness (QED) is 0.791. The smallest absolute Gasteiger partial charge is 0.116 e. The number of fused-ring (bicyclic) bond motifs is 1. The Morgan fingerprint density at radius 3 is 2.89 bits per heavy atom. The van der Waals surface area contributed by atoms with Gasteiger partial charge in [-0.2, -0.15) is 5.26 Å². The zero-order chi connectivity index (χ0) is 12.4. The van der Waals surface area contributed by atoms with Crippen molar-refractivity contribution in [2.24, 2.45) is 0 Å². The minimum Gasteiger partial charge on any atom is -0.348 e. The summed E-state index contributed by atoms with van der Waals surface area (Å²) < 4.78 is 0. The summed E-state index contributed by atoms with van der Waals surface area (Å²) in [4.78, 5) is 9.09. The molecule has 0 fully saturated rings. The van der Waals surface area contributed by atoms with Crippen molar-refractivity contribution in [2.45, 2.75) is 4.90 Å². The highest BCUT2D eigenvalue weighted by Crippen LogP contribution is 2.43. The number of hydrogen-bond acceptors (Lipinski definition) is 5. The molecule has 0 bridgehead atoms. The molecule has 1 aromatic carbocycles. The van der Waals surface area contributed by atoms with Gasteiger partial charge in [-0.05, 0) is 18.2 Å². The van der Waals surface area contributed by atoms with Gasteiger partial charge in [0, 0.05) is 11.1 Å². The maximum absolute atomic E-state index is 9.30. The van der Waals surface area contributed by atoms with E-state index in [2.05, 4.69) is 21.4 Å². The number of hydrogen-bond donors (Lipinski definition) is 1. The second kappa shape index (κ2) is 4.51. The molecule has 18 heavy (non-hydrogen) atoms. The minimum absolute atomic E-state index is 0.540. The third-order valence-corrected chi connectivity index (χ3v) is 3.61. The first-order valence-electron chi connectivity index (χ1n) is 5.33. The Morgan fingerprint density at radius 1 is 1.28 bits per heavy atom. The van der Waals surface area contributed by atoms with E-state index in [9.17, 15) is 5.26 Å². The van der Waals surface area contributed by atoms with Crippen molar-refractivity contribution < 1.29 is 0 Å². The van der Waals surface area contributed by atoms with Gasteiger partial charge in [-0.15, -0.1) is 0 Å². The summed E-state index contributed by atoms with van der Waals surface area (Å²) in [5.41, 5.74) is 2.20. The van der Waals surface area contributed by atoms with Crippen molar-refractivity contribution in [3.05, 3.63) is 53.6 Å². The second-order valence-corrected chi connectivity index (χ2v) is 4.69. The van der Waals surface area contributed by atoms with Crippen LogP contribution in [-0.2, 0) is 0 Å². The van der Waals surface area contributed by atoms with Crippen LogP contribution in [0.3, 0.4) is 0 Å². The maximum Gasteiger partial charge on any atom is 0.116 e. The van der Waals surface area contributed by atoms with E-state index in [-0.39, 0.29) is 0 Å². The number of benzene rings is 1. The molecule has 0 saturated carbocycles. The van der Waals surface area contributed by atoms with E-state index in [1.165, 1.54) is 6.33 Å². The Bertz CT molecular complexity index is 631. The first-order valence-corrected chi connectivity index (χ1v) is 6.15. The molecule has 0 unspecified atom stereocenters. The van der Waals surface area contributed by atoms with Crippen molar-refractivity contribution >= 4 is 23.0 Å². The predicted octanol–water partition coefficient (Wildman–Crippen LogP) is 2.89. The standard InChI is InChI=1S/C13H8N4S/c14-7-9(10-5-6-15-8-16-10)13-17-11-3-1-2-4-12(11)18-13/h1-6,8,17H/b13-9+. The molecule has 2 heterocycles. The SMILES string of the molecule is N#C/C(=C1/Nc2ccccc2S1)c1ccncn1. The third-order valence-electron chi connectivity index (χ3n) is 2.52. The number of nitrogens with one attached hydrogen (secondary N) is 1. The summed E-state index contributed by atoms with van der Waals surface area (Å²) in [7, 11) is 0. The molecular weight excluding hydrogens is 244 g/mol. The fourth-order valence-corrected chi connectivity index (χ4v) is 2.70. The molecule has 0 amide bonds. The number of nitrogens with zero attached hydrogens (tertiary/aromatic N) is 3. The van der Waals surface area contributed by atoms with E-state index in [1.807, 2.05) is 24.3 Å². The molecule has 0 spiro atoms. The van der Waals surface area contributed by atoms with Crippen molar-refractivity contribution in [2.75, 3.05) is 5.32 Å². The number of thioether (sulfide) groups is 1. The summed E-state index contributed by atoms with van der Waals surface area (Å²) >= 11 is 1.55. The van der Waals surface area contributed by atoms with E-state index >= 15 is 0 Å². The maximum atomic E-state index is 9.30. The average Bonchev–Trinajstić information content (AvgIpc) is 2.84. The summed E-state index contributed by atoms with van der Waals surface area (Å²) in [5, 5.41) is 13.4.